The largest absolute Gasteiger partial charge is 0.293 e. The summed E-state index contributed by atoms with van der Waals surface area (Å²) in [5, 5.41) is 1.00. The van der Waals surface area contributed by atoms with Crippen LogP contribution >= 0.6 is 23.1 Å². The third kappa shape index (κ3) is 2.86. The molecule has 16 heavy (non-hydrogen) atoms. The Morgan fingerprint density at radius 2 is 2.06 bits per heavy atom. The summed E-state index contributed by atoms with van der Waals surface area (Å²) in [7, 11) is 0. The lowest BCUT2D eigenvalue weighted by molar-refractivity contribution is 0.0962. The average Bonchev–Trinajstić information content (AvgIpc) is 2.59. The van der Waals surface area contributed by atoms with Crippen molar-refractivity contribution in [2.24, 2.45) is 5.92 Å². The summed E-state index contributed by atoms with van der Waals surface area (Å²) >= 11 is 3.55. The second-order valence-electron chi connectivity index (χ2n) is 4.33. The van der Waals surface area contributed by atoms with Gasteiger partial charge in [0, 0.05) is 6.42 Å². The number of carbonyl (C=O) groups is 1. The number of rotatable bonds is 3. The molecule has 0 aliphatic carbocycles. The topological polar surface area (TPSA) is 30.0 Å². The molecule has 1 aromatic heterocycles. The molecule has 1 aliphatic rings. The number of thioether (sulfide) groups is 1. The van der Waals surface area contributed by atoms with Crippen molar-refractivity contribution in [3.05, 3.63) is 15.6 Å². The standard InChI is InChI=1S/C12H17NOS2/c1-8-12(16-9(2)13-8)11(14)7-10-3-5-15-6-4-10/h10H,3-7H2,1-2H3. The molecule has 0 amide bonds. The number of Topliss-reactive ketones (excluding diaryl/α,β-unsaturated/α-hetero) is 1. The summed E-state index contributed by atoms with van der Waals surface area (Å²) in [6.45, 7) is 3.90. The molecule has 0 saturated carbocycles. The van der Waals surface area contributed by atoms with Gasteiger partial charge in [0.25, 0.3) is 0 Å². The van der Waals surface area contributed by atoms with Gasteiger partial charge in [-0.15, -0.1) is 11.3 Å². The Balaban J connectivity index is 1.99. The van der Waals surface area contributed by atoms with E-state index in [-0.39, 0.29) is 0 Å². The van der Waals surface area contributed by atoms with E-state index in [0.717, 1.165) is 22.0 Å². The van der Waals surface area contributed by atoms with Crippen LogP contribution in [0.5, 0.6) is 0 Å². The van der Waals surface area contributed by atoms with E-state index in [1.54, 1.807) is 11.3 Å². The van der Waals surface area contributed by atoms with Crippen molar-refractivity contribution >= 4 is 28.9 Å². The van der Waals surface area contributed by atoms with Gasteiger partial charge in [-0.3, -0.25) is 4.79 Å². The summed E-state index contributed by atoms with van der Waals surface area (Å²) in [5.41, 5.74) is 0.915. The molecule has 2 heterocycles. The lowest BCUT2D eigenvalue weighted by Crippen LogP contribution is -2.14. The number of carbonyl (C=O) groups excluding carboxylic acids is 1. The highest BCUT2D eigenvalue weighted by molar-refractivity contribution is 7.99. The second-order valence-corrected chi connectivity index (χ2v) is 6.76. The van der Waals surface area contributed by atoms with Crippen molar-refractivity contribution in [2.75, 3.05) is 11.5 Å². The number of hydrogen-bond acceptors (Lipinski definition) is 4. The quantitative estimate of drug-likeness (QED) is 0.775. The Bertz CT molecular complexity index is 380. The molecule has 1 aromatic rings. The van der Waals surface area contributed by atoms with E-state index in [0.29, 0.717) is 11.7 Å². The fourth-order valence-corrected chi connectivity index (χ4v) is 4.17. The maximum absolute atomic E-state index is 12.1. The van der Waals surface area contributed by atoms with Gasteiger partial charge < -0.3 is 0 Å². The first-order chi connectivity index (χ1) is 7.66. The van der Waals surface area contributed by atoms with Crippen molar-refractivity contribution in [1.82, 2.24) is 4.98 Å². The molecule has 0 unspecified atom stereocenters. The van der Waals surface area contributed by atoms with E-state index in [4.69, 9.17) is 0 Å². The van der Waals surface area contributed by atoms with Crippen LogP contribution in [0.4, 0.5) is 0 Å². The van der Waals surface area contributed by atoms with Crippen LogP contribution in [0.2, 0.25) is 0 Å². The lowest BCUT2D eigenvalue weighted by Gasteiger charge is -2.20. The van der Waals surface area contributed by atoms with E-state index >= 15 is 0 Å². The summed E-state index contributed by atoms with van der Waals surface area (Å²) in [6, 6.07) is 0. The smallest absolute Gasteiger partial charge is 0.174 e. The molecule has 4 heteroatoms. The third-order valence-corrected chi connectivity index (χ3v) is 5.13. The zero-order chi connectivity index (χ0) is 11.5. The summed E-state index contributed by atoms with van der Waals surface area (Å²) in [5.74, 6) is 3.35. The van der Waals surface area contributed by atoms with Gasteiger partial charge in [0.05, 0.1) is 15.6 Å². The molecule has 0 N–H and O–H groups in total. The highest BCUT2D eigenvalue weighted by Gasteiger charge is 2.20. The Kier molecular flexibility index (Phi) is 4.03. The molecule has 1 saturated heterocycles. The Morgan fingerprint density at radius 3 is 2.62 bits per heavy atom. The van der Waals surface area contributed by atoms with E-state index < -0.39 is 0 Å². The van der Waals surface area contributed by atoms with E-state index in [1.165, 1.54) is 24.3 Å². The van der Waals surface area contributed by atoms with Gasteiger partial charge in [0.2, 0.25) is 0 Å². The molecular formula is C12H17NOS2. The number of thiazole rings is 1. The van der Waals surface area contributed by atoms with Crippen molar-refractivity contribution in [2.45, 2.75) is 33.1 Å². The molecule has 1 fully saturated rings. The van der Waals surface area contributed by atoms with Crippen molar-refractivity contribution in [3.8, 4) is 0 Å². The molecule has 0 aromatic carbocycles. The maximum Gasteiger partial charge on any atom is 0.174 e. The SMILES string of the molecule is Cc1nc(C)c(C(=O)CC2CCSCC2)s1. The van der Waals surface area contributed by atoms with Crippen molar-refractivity contribution < 1.29 is 4.79 Å². The number of aryl methyl sites for hydroxylation is 2. The molecule has 0 radical (unpaired) electrons. The minimum Gasteiger partial charge on any atom is -0.293 e. The van der Waals surface area contributed by atoms with Crippen LogP contribution in [0.3, 0.4) is 0 Å². The molecule has 0 atom stereocenters. The first-order valence-electron chi connectivity index (χ1n) is 5.72. The van der Waals surface area contributed by atoms with Gasteiger partial charge in [0.1, 0.15) is 0 Å². The Morgan fingerprint density at radius 1 is 1.38 bits per heavy atom. The summed E-state index contributed by atoms with van der Waals surface area (Å²) in [4.78, 5) is 17.3. The molecule has 0 bridgehead atoms. The van der Waals surface area contributed by atoms with Gasteiger partial charge in [-0.25, -0.2) is 4.98 Å². The van der Waals surface area contributed by atoms with Gasteiger partial charge >= 0.3 is 0 Å². The molecule has 88 valence electrons. The number of ketones is 1. The Hall–Kier alpha value is -0.350. The van der Waals surface area contributed by atoms with Gasteiger partial charge in [0.15, 0.2) is 5.78 Å². The van der Waals surface area contributed by atoms with E-state index in [1.807, 2.05) is 25.6 Å². The highest BCUT2D eigenvalue weighted by Crippen LogP contribution is 2.28. The van der Waals surface area contributed by atoms with Crippen LogP contribution in [0, 0.1) is 19.8 Å². The van der Waals surface area contributed by atoms with Crippen LogP contribution in [0.25, 0.3) is 0 Å². The monoisotopic (exact) mass is 255 g/mol. The van der Waals surface area contributed by atoms with E-state index in [9.17, 15) is 4.79 Å². The van der Waals surface area contributed by atoms with Gasteiger partial charge in [-0.05, 0) is 44.1 Å². The first kappa shape index (κ1) is 12.1. The summed E-state index contributed by atoms with van der Waals surface area (Å²) in [6.07, 6.45) is 3.13. The number of hydrogen-bond donors (Lipinski definition) is 0. The molecular weight excluding hydrogens is 238 g/mol. The molecule has 1 aliphatic heterocycles. The van der Waals surface area contributed by atoms with Crippen LogP contribution in [-0.2, 0) is 0 Å². The fourth-order valence-electron chi connectivity index (χ4n) is 2.10. The van der Waals surface area contributed by atoms with Crippen LogP contribution in [0.1, 0.15) is 39.6 Å². The van der Waals surface area contributed by atoms with Gasteiger partial charge in [-0.2, -0.15) is 11.8 Å². The minimum absolute atomic E-state index is 0.306. The van der Waals surface area contributed by atoms with Gasteiger partial charge in [-0.1, -0.05) is 0 Å². The predicted octanol–water partition coefficient (Wildman–Crippen LogP) is 3.48. The normalized spacial score (nSPS) is 17.6. The Labute approximate surface area is 105 Å². The first-order valence-corrected chi connectivity index (χ1v) is 7.69. The third-order valence-electron chi connectivity index (χ3n) is 2.97. The number of nitrogens with zero attached hydrogens (tertiary/aromatic N) is 1. The fraction of sp³-hybridized carbons (Fsp3) is 0.667. The van der Waals surface area contributed by atoms with Crippen LogP contribution in [0.15, 0.2) is 0 Å². The second kappa shape index (κ2) is 5.32. The maximum atomic E-state index is 12.1. The molecule has 0 spiro atoms. The average molecular weight is 255 g/mol. The predicted molar refractivity (Wildman–Crippen MR) is 70.6 cm³/mol. The highest BCUT2D eigenvalue weighted by atomic mass is 32.2. The summed E-state index contributed by atoms with van der Waals surface area (Å²) < 4.78 is 0. The number of aromatic nitrogens is 1. The van der Waals surface area contributed by atoms with Crippen LogP contribution < -0.4 is 0 Å². The van der Waals surface area contributed by atoms with Crippen molar-refractivity contribution in [1.29, 1.82) is 0 Å². The lowest BCUT2D eigenvalue weighted by atomic mass is 9.95. The minimum atomic E-state index is 0.306. The van der Waals surface area contributed by atoms with Crippen LogP contribution in [-0.4, -0.2) is 22.3 Å². The molecule has 2 nitrogen and oxygen atoms in total. The zero-order valence-corrected chi connectivity index (χ0v) is 11.4. The van der Waals surface area contributed by atoms with E-state index in [2.05, 4.69) is 4.98 Å². The zero-order valence-electron chi connectivity index (χ0n) is 9.78. The van der Waals surface area contributed by atoms with Crippen molar-refractivity contribution in [3.63, 3.8) is 0 Å². The molecule has 2 rings (SSSR count).